The van der Waals surface area contributed by atoms with E-state index in [9.17, 15) is 14.4 Å². The first-order valence-corrected chi connectivity index (χ1v) is 7.14. The highest BCUT2D eigenvalue weighted by molar-refractivity contribution is 7.99. The number of amides is 2. The maximum Gasteiger partial charge on any atom is 0.394 e. The molecular formula is C13H16N2O4S. The van der Waals surface area contributed by atoms with E-state index in [1.54, 1.807) is 0 Å². The summed E-state index contributed by atoms with van der Waals surface area (Å²) >= 11 is 1.49. The second-order valence-corrected chi connectivity index (χ2v) is 4.88. The number of hydrogen-bond acceptors (Lipinski definition) is 4. The van der Waals surface area contributed by atoms with Crippen molar-refractivity contribution in [3.63, 3.8) is 0 Å². The molecule has 0 radical (unpaired) electrons. The minimum Gasteiger partial charge on any atom is -0.474 e. The third-order valence-corrected chi connectivity index (χ3v) is 3.28. The number of aliphatic carboxylic acids is 1. The molecule has 0 saturated heterocycles. The quantitative estimate of drug-likeness (QED) is 0.495. The van der Waals surface area contributed by atoms with Crippen LogP contribution in [0.4, 0.5) is 0 Å². The van der Waals surface area contributed by atoms with Gasteiger partial charge in [-0.2, -0.15) is 0 Å². The molecule has 1 rings (SSSR count). The Kier molecular flexibility index (Phi) is 7.20. The number of rotatable bonds is 7. The van der Waals surface area contributed by atoms with E-state index in [1.807, 2.05) is 30.3 Å². The van der Waals surface area contributed by atoms with Crippen LogP contribution in [-0.4, -0.2) is 41.7 Å². The van der Waals surface area contributed by atoms with Gasteiger partial charge in [0.2, 0.25) is 5.91 Å². The van der Waals surface area contributed by atoms with Gasteiger partial charge in [-0.25, -0.2) is 4.79 Å². The molecule has 2 amide bonds. The minimum atomic E-state index is -1.53. The Bertz CT molecular complexity index is 465. The molecule has 0 unspecified atom stereocenters. The van der Waals surface area contributed by atoms with Crippen molar-refractivity contribution in [2.75, 3.05) is 18.8 Å². The molecular weight excluding hydrogens is 280 g/mol. The molecule has 7 heteroatoms. The van der Waals surface area contributed by atoms with Crippen molar-refractivity contribution in [3.05, 3.63) is 35.9 Å². The second kappa shape index (κ2) is 8.98. The van der Waals surface area contributed by atoms with Gasteiger partial charge in [-0.05, 0) is 5.56 Å². The third-order valence-electron chi connectivity index (χ3n) is 2.27. The van der Waals surface area contributed by atoms with Crippen LogP contribution in [0.3, 0.4) is 0 Å². The van der Waals surface area contributed by atoms with E-state index in [1.165, 1.54) is 11.8 Å². The lowest BCUT2D eigenvalue weighted by atomic mass is 10.2. The highest BCUT2D eigenvalue weighted by Crippen LogP contribution is 2.10. The minimum absolute atomic E-state index is 0.0974. The molecule has 0 aliphatic carbocycles. The predicted octanol–water partition coefficient (Wildman–Crippen LogP) is 0.237. The molecule has 0 fully saturated rings. The first kappa shape index (κ1) is 16.0. The molecule has 0 aliphatic heterocycles. The van der Waals surface area contributed by atoms with Crippen molar-refractivity contribution >= 4 is 29.5 Å². The van der Waals surface area contributed by atoms with Crippen LogP contribution in [0.15, 0.2) is 30.3 Å². The average molecular weight is 296 g/mol. The van der Waals surface area contributed by atoms with Crippen LogP contribution < -0.4 is 10.6 Å². The van der Waals surface area contributed by atoms with Crippen LogP contribution in [0.25, 0.3) is 0 Å². The molecule has 0 saturated carbocycles. The molecule has 0 spiro atoms. The second-order valence-electron chi connectivity index (χ2n) is 3.89. The van der Waals surface area contributed by atoms with E-state index in [4.69, 9.17) is 5.11 Å². The summed E-state index contributed by atoms with van der Waals surface area (Å²) in [6, 6.07) is 9.81. The predicted molar refractivity (Wildman–Crippen MR) is 76.3 cm³/mol. The number of carboxylic acid groups (broad SMARTS) is 1. The molecule has 0 aliphatic rings. The summed E-state index contributed by atoms with van der Waals surface area (Å²) in [4.78, 5) is 32.3. The molecule has 0 aromatic heterocycles. The lowest BCUT2D eigenvalue weighted by Crippen LogP contribution is -2.38. The van der Waals surface area contributed by atoms with Crippen LogP contribution in [0.2, 0.25) is 0 Å². The van der Waals surface area contributed by atoms with Crippen LogP contribution in [0.5, 0.6) is 0 Å². The monoisotopic (exact) mass is 296 g/mol. The third kappa shape index (κ3) is 6.79. The molecule has 1 aromatic rings. The zero-order chi connectivity index (χ0) is 14.8. The molecule has 0 bridgehead atoms. The van der Waals surface area contributed by atoms with Crippen LogP contribution in [-0.2, 0) is 20.1 Å². The number of thioether (sulfide) groups is 1. The van der Waals surface area contributed by atoms with Crippen molar-refractivity contribution in [1.29, 1.82) is 0 Å². The van der Waals surface area contributed by atoms with Crippen molar-refractivity contribution in [2.24, 2.45) is 0 Å². The topological polar surface area (TPSA) is 95.5 Å². The number of carbonyl (C=O) groups excluding carboxylic acids is 2. The summed E-state index contributed by atoms with van der Waals surface area (Å²) in [5, 5.41) is 13.1. The zero-order valence-electron chi connectivity index (χ0n) is 10.8. The highest BCUT2D eigenvalue weighted by atomic mass is 32.2. The van der Waals surface area contributed by atoms with Gasteiger partial charge in [-0.1, -0.05) is 30.3 Å². The number of nitrogens with one attached hydrogen (secondary N) is 2. The van der Waals surface area contributed by atoms with Gasteiger partial charge >= 0.3 is 11.9 Å². The first-order valence-electron chi connectivity index (χ1n) is 5.99. The van der Waals surface area contributed by atoms with Crippen LogP contribution in [0.1, 0.15) is 5.56 Å². The number of benzene rings is 1. The van der Waals surface area contributed by atoms with Crippen molar-refractivity contribution in [2.45, 2.75) is 5.75 Å². The standard InChI is InChI=1S/C13H16N2O4S/c16-11(14-6-7-15-12(17)13(18)19)9-20-8-10-4-2-1-3-5-10/h1-5H,6-9H2,(H,14,16)(H,15,17)(H,18,19). The summed E-state index contributed by atoms with van der Waals surface area (Å²) in [5.41, 5.74) is 1.15. The fourth-order valence-corrected chi connectivity index (χ4v) is 2.16. The van der Waals surface area contributed by atoms with Gasteiger partial charge in [-0.15, -0.1) is 11.8 Å². The summed E-state index contributed by atoms with van der Waals surface area (Å²) < 4.78 is 0. The van der Waals surface area contributed by atoms with Gasteiger partial charge in [0.15, 0.2) is 0 Å². The van der Waals surface area contributed by atoms with Crippen molar-refractivity contribution < 1.29 is 19.5 Å². The van der Waals surface area contributed by atoms with Gasteiger partial charge < -0.3 is 15.7 Å². The summed E-state index contributed by atoms with van der Waals surface area (Å²) in [6.45, 7) is 0.309. The normalized spacial score (nSPS) is 9.80. The molecule has 108 valence electrons. The Labute approximate surface area is 120 Å². The molecule has 0 heterocycles. The zero-order valence-corrected chi connectivity index (χ0v) is 11.6. The smallest absolute Gasteiger partial charge is 0.394 e. The van der Waals surface area contributed by atoms with Gasteiger partial charge in [0.25, 0.3) is 0 Å². The van der Waals surface area contributed by atoms with E-state index in [-0.39, 0.29) is 19.0 Å². The fourth-order valence-electron chi connectivity index (χ4n) is 1.34. The summed E-state index contributed by atoms with van der Waals surface area (Å²) in [6.07, 6.45) is 0. The van der Waals surface area contributed by atoms with E-state index >= 15 is 0 Å². The highest BCUT2D eigenvalue weighted by Gasteiger charge is 2.09. The Morgan fingerprint density at radius 1 is 1.05 bits per heavy atom. The Morgan fingerprint density at radius 3 is 2.35 bits per heavy atom. The Morgan fingerprint density at radius 2 is 1.70 bits per heavy atom. The van der Waals surface area contributed by atoms with Crippen LogP contribution in [0, 0.1) is 0 Å². The van der Waals surface area contributed by atoms with Gasteiger partial charge in [0, 0.05) is 18.8 Å². The maximum absolute atomic E-state index is 11.5. The largest absolute Gasteiger partial charge is 0.474 e. The van der Waals surface area contributed by atoms with E-state index in [0.717, 1.165) is 11.3 Å². The van der Waals surface area contributed by atoms with Gasteiger partial charge in [0.05, 0.1) is 5.75 Å². The molecule has 0 atom stereocenters. The Balaban J connectivity index is 2.06. The summed E-state index contributed by atoms with van der Waals surface area (Å²) in [7, 11) is 0. The number of hydrogen-bond donors (Lipinski definition) is 3. The van der Waals surface area contributed by atoms with E-state index in [2.05, 4.69) is 10.6 Å². The molecule has 3 N–H and O–H groups in total. The van der Waals surface area contributed by atoms with E-state index < -0.39 is 11.9 Å². The number of carbonyl (C=O) groups is 3. The Hall–Kier alpha value is -2.02. The lowest BCUT2D eigenvalue weighted by molar-refractivity contribution is -0.150. The van der Waals surface area contributed by atoms with Crippen LogP contribution >= 0.6 is 11.8 Å². The maximum atomic E-state index is 11.5. The van der Waals surface area contributed by atoms with E-state index in [0.29, 0.717) is 5.75 Å². The first-order chi connectivity index (χ1) is 9.59. The van der Waals surface area contributed by atoms with Gasteiger partial charge in [-0.3, -0.25) is 9.59 Å². The fraction of sp³-hybridized carbons (Fsp3) is 0.308. The molecule has 20 heavy (non-hydrogen) atoms. The van der Waals surface area contributed by atoms with Crippen molar-refractivity contribution in [3.8, 4) is 0 Å². The lowest BCUT2D eigenvalue weighted by Gasteiger charge is -2.05. The average Bonchev–Trinajstić information content (AvgIpc) is 2.44. The van der Waals surface area contributed by atoms with Crippen molar-refractivity contribution in [1.82, 2.24) is 10.6 Å². The van der Waals surface area contributed by atoms with Gasteiger partial charge in [0.1, 0.15) is 0 Å². The molecule has 1 aromatic carbocycles. The number of carboxylic acids is 1. The SMILES string of the molecule is O=C(CSCc1ccccc1)NCCNC(=O)C(=O)O. The summed E-state index contributed by atoms with van der Waals surface area (Å²) in [5.74, 6) is -1.67. The molecule has 6 nitrogen and oxygen atoms in total.